The molecule has 3 aliphatic rings. The van der Waals surface area contributed by atoms with Crippen molar-refractivity contribution in [2.75, 3.05) is 0 Å². The first-order valence-corrected chi connectivity index (χ1v) is 32.9. The standard InChI is InChI=1S/C17H33F3.C15H29F3.C13H25F3.C9H17F.C8H13F3.C7H11F3/c1-10(2)14(11(3)4)16(9,17(18,19)20)15(12(5)6)13(7)8;1-8-12(5,9-2)14(7,15(16,17)18)13(6,10-3)11-4;1-6-10(7-2)12(5,13(14,15)16)11(8-3)9-4;1-8(2)4-6-9(3,10)7-5-8;1-7(8(9,10)11)5-3-2-4-6-7;1-6(7(8,9)10)4-2-3-5-6/h10-15H,1-9H3;8-11H2,1-7H3;10-11H,6-9H2,1-5H3;4-7H2,1-3H3;2-6H2,1H3;2-5H2,1H3. The first-order chi connectivity index (χ1) is 37.9. The van der Waals surface area contributed by atoms with Crippen LogP contribution in [0.15, 0.2) is 0 Å². The molecule has 0 aromatic carbocycles. The van der Waals surface area contributed by atoms with Crippen molar-refractivity contribution >= 4 is 0 Å². The topological polar surface area (TPSA) is 0 Å². The van der Waals surface area contributed by atoms with Crippen molar-refractivity contribution < 1.29 is 70.2 Å². The molecule has 0 saturated heterocycles. The minimum Gasteiger partial charge on any atom is -0.244 e. The molecule has 0 N–H and O–H groups in total. The summed E-state index contributed by atoms with van der Waals surface area (Å²) in [6.45, 7) is 47.1. The van der Waals surface area contributed by atoms with E-state index in [1.165, 1.54) is 34.6 Å². The van der Waals surface area contributed by atoms with E-state index < -0.39 is 74.5 Å². The highest BCUT2D eigenvalue weighted by Crippen LogP contribution is 2.65. The Morgan fingerprint density at radius 2 is 0.565 bits per heavy atom. The lowest BCUT2D eigenvalue weighted by molar-refractivity contribution is -0.301. The van der Waals surface area contributed by atoms with Crippen LogP contribution in [0.4, 0.5) is 70.2 Å². The zero-order valence-corrected chi connectivity index (χ0v) is 58.5. The normalized spacial score (nSPS) is 19.0. The minimum absolute atomic E-state index is 0.0154. The van der Waals surface area contributed by atoms with Crippen LogP contribution in [0.3, 0.4) is 0 Å². The average Bonchev–Trinajstić information content (AvgIpc) is 3.92. The van der Waals surface area contributed by atoms with E-state index >= 15 is 0 Å². The SMILES string of the molecule is CC(C)C(C(C)C)C(C)(C(C(C)C)C(C)C)C(F)(F)F.CC1(C(F)(F)F)CCCC1.CC1(C(F)(F)F)CCCCC1.CC1(C)CCC(C)(F)CC1.CCC(C)(CC)C(C)(C(F)(F)F)C(C)(CC)CC.CCC(CC)C(C)(C(CC)CC)C(F)(F)F. The summed E-state index contributed by atoms with van der Waals surface area (Å²) in [4.78, 5) is 0. The second kappa shape index (κ2) is 34.0. The Balaban J connectivity index is -0.000000967. The number of rotatable bonds is 18. The lowest BCUT2D eigenvalue weighted by Gasteiger charge is -2.57. The van der Waals surface area contributed by atoms with Gasteiger partial charge in [0.25, 0.3) is 0 Å². The van der Waals surface area contributed by atoms with Crippen molar-refractivity contribution in [3.8, 4) is 0 Å². The van der Waals surface area contributed by atoms with Crippen LogP contribution in [-0.4, -0.2) is 36.6 Å². The van der Waals surface area contributed by atoms with Gasteiger partial charge in [-0.15, -0.1) is 0 Å². The second-order valence-electron chi connectivity index (χ2n) is 30.2. The van der Waals surface area contributed by atoms with Crippen molar-refractivity contribution in [1.29, 1.82) is 0 Å². The van der Waals surface area contributed by atoms with Gasteiger partial charge in [0.15, 0.2) is 0 Å². The van der Waals surface area contributed by atoms with Crippen LogP contribution in [0, 0.1) is 90.7 Å². The van der Waals surface area contributed by atoms with Crippen LogP contribution in [0.1, 0.15) is 315 Å². The number of halogens is 16. The maximum atomic E-state index is 14.0. The van der Waals surface area contributed by atoms with Gasteiger partial charge in [-0.25, -0.2) is 4.39 Å². The molecule has 16 heteroatoms. The van der Waals surface area contributed by atoms with Gasteiger partial charge < -0.3 is 0 Å². The van der Waals surface area contributed by atoms with Gasteiger partial charge in [0.2, 0.25) is 0 Å². The van der Waals surface area contributed by atoms with E-state index in [0.717, 1.165) is 57.8 Å². The lowest BCUT2D eigenvalue weighted by Crippen LogP contribution is -2.57. The zero-order valence-electron chi connectivity index (χ0n) is 58.5. The summed E-state index contributed by atoms with van der Waals surface area (Å²) in [7, 11) is 0. The van der Waals surface area contributed by atoms with Gasteiger partial charge in [-0.05, 0) is 154 Å². The predicted molar refractivity (Wildman–Crippen MR) is 326 cm³/mol. The van der Waals surface area contributed by atoms with E-state index in [0.29, 0.717) is 82.5 Å². The molecule has 516 valence electrons. The van der Waals surface area contributed by atoms with Crippen LogP contribution >= 0.6 is 0 Å². The molecular formula is C69H128F16. The van der Waals surface area contributed by atoms with Gasteiger partial charge in [-0.2, -0.15) is 65.9 Å². The molecule has 3 fully saturated rings. The first kappa shape index (κ1) is 88.1. The van der Waals surface area contributed by atoms with Gasteiger partial charge in [0.05, 0.1) is 27.1 Å². The highest BCUT2D eigenvalue weighted by atomic mass is 19.4. The maximum absolute atomic E-state index is 14.0. The van der Waals surface area contributed by atoms with Gasteiger partial charge in [-0.3, -0.25) is 0 Å². The zero-order chi connectivity index (χ0) is 68.5. The van der Waals surface area contributed by atoms with Crippen molar-refractivity contribution in [2.45, 2.75) is 351 Å². The quantitative estimate of drug-likeness (QED) is 0.120. The molecule has 0 aromatic heterocycles. The van der Waals surface area contributed by atoms with Gasteiger partial charge in [-0.1, -0.05) is 224 Å². The fourth-order valence-electron chi connectivity index (χ4n) is 15.8. The van der Waals surface area contributed by atoms with Gasteiger partial charge in [0.1, 0.15) is 5.67 Å². The minimum atomic E-state index is -4.18. The Hall–Kier alpha value is -1.12. The highest BCUT2D eigenvalue weighted by molar-refractivity contribution is 5.06. The van der Waals surface area contributed by atoms with Crippen molar-refractivity contribution in [3.05, 3.63) is 0 Å². The molecule has 85 heavy (non-hydrogen) atoms. The Labute approximate surface area is 510 Å². The Morgan fingerprint density at radius 1 is 0.329 bits per heavy atom. The lowest BCUT2D eigenvalue weighted by atomic mass is 9.49. The van der Waals surface area contributed by atoms with Crippen molar-refractivity contribution in [1.82, 2.24) is 0 Å². The highest BCUT2D eigenvalue weighted by Gasteiger charge is 2.67. The fourth-order valence-corrected chi connectivity index (χ4v) is 15.8. The largest absolute Gasteiger partial charge is 0.395 e. The van der Waals surface area contributed by atoms with Gasteiger partial charge >= 0.3 is 30.9 Å². The molecule has 0 bridgehead atoms. The number of alkyl halides is 16. The molecule has 0 aliphatic heterocycles. The van der Waals surface area contributed by atoms with E-state index in [1.807, 2.05) is 111 Å². The Bertz CT molecular complexity index is 1670. The third kappa shape index (κ3) is 22.6. The van der Waals surface area contributed by atoms with Crippen LogP contribution in [0.5, 0.6) is 0 Å². The summed E-state index contributed by atoms with van der Waals surface area (Å²) in [5.74, 6) is -1.20. The van der Waals surface area contributed by atoms with E-state index in [-0.39, 0.29) is 47.3 Å². The molecule has 0 radical (unpaired) electrons. The molecule has 0 heterocycles. The van der Waals surface area contributed by atoms with Crippen LogP contribution in [-0.2, 0) is 0 Å². The molecule has 0 unspecified atom stereocenters. The van der Waals surface area contributed by atoms with E-state index in [2.05, 4.69) is 13.8 Å². The number of hydrogen-bond acceptors (Lipinski definition) is 0. The Kier molecular flexibility index (Phi) is 35.2. The monoisotopic (exact) mass is 1260 g/mol. The summed E-state index contributed by atoms with van der Waals surface area (Å²) in [6.07, 6.45) is -7.08. The summed E-state index contributed by atoms with van der Waals surface area (Å²) < 4.78 is 210. The molecule has 3 aliphatic carbocycles. The van der Waals surface area contributed by atoms with Crippen LogP contribution < -0.4 is 0 Å². The molecule has 0 spiro atoms. The molecule has 3 rings (SSSR count). The van der Waals surface area contributed by atoms with E-state index in [4.69, 9.17) is 0 Å². The van der Waals surface area contributed by atoms with Crippen LogP contribution in [0.2, 0.25) is 0 Å². The maximum Gasteiger partial charge on any atom is 0.395 e. The summed E-state index contributed by atoms with van der Waals surface area (Å²) in [6, 6.07) is 0. The second-order valence-corrected chi connectivity index (χ2v) is 30.2. The molecule has 3 saturated carbocycles. The van der Waals surface area contributed by atoms with Crippen LogP contribution in [0.25, 0.3) is 0 Å². The van der Waals surface area contributed by atoms with E-state index in [9.17, 15) is 70.2 Å². The average molecular weight is 1260 g/mol. The fraction of sp³-hybridized carbons (Fsp3) is 1.00. The molecule has 0 atom stereocenters. The molecular weight excluding hydrogens is 1130 g/mol. The third-order valence-electron chi connectivity index (χ3n) is 22.9. The van der Waals surface area contributed by atoms with Gasteiger partial charge in [0, 0.05) is 0 Å². The molecule has 0 nitrogen and oxygen atoms in total. The number of hydrogen-bond donors (Lipinski definition) is 0. The first-order valence-electron chi connectivity index (χ1n) is 32.9. The molecule has 0 amide bonds. The summed E-state index contributed by atoms with van der Waals surface area (Å²) in [5, 5.41) is 0. The smallest absolute Gasteiger partial charge is 0.244 e. The predicted octanol–water partition coefficient (Wildman–Crippen LogP) is 28.0. The summed E-state index contributed by atoms with van der Waals surface area (Å²) in [5.41, 5.74) is -9.48. The Morgan fingerprint density at radius 3 is 0.718 bits per heavy atom. The summed E-state index contributed by atoms with van der Waals surface area (Å²) >= 11 is 0. The van der Waals surface area contributed by atoms with E-state index in [1.54, 1.807) is 20.8 Å². The van der Waals surface area contributed by atoms with Crippen molar-refractivity contribution in [3.63, 3.8) is 0 Å². The van der Waals surface area contributed by atoms with Crippen molar-refractivity contribution in [2.24, 2.45) is 90.7 Å². The third-order valence-corrected chi connectivity index (χ3v) is 22.9. The molecule has 0 aromatic rings.